The Kier molecular flexibility index (Phi) is 1.68. The van der Waals surface area contributed by atoms with Gasteiger partial charge >= 0.3 is 0 Å². The van der Waals surface area contributed by atoms with Crippen LogP contribution in [0.3, 0.4) is 0 Å². The summed E-state index contributed by atoms with van der Waals surface area (Å²) in [4.78, 5) is 2.85. The summed E-state index contributed by atoms with van der Waals surface area (Å²) in [5.41, 5.74) is 0. The van der Waals surface area contributed by atoms with Crippen LogP contribution in [0.5, 0.6) is 0 Å². The van der Waals surface area contributed by atoms with Crippen molar-refractivity contribution in [3.8, 4) is 0 Å². The smallest absolute Gasteiger partial charge is 0.00988 e. The Morgan fingerprint density at radius 3 is 2.08 bits per heavy atom. The zero-order chi connectivity index (χ0) is 7.97. The van der Waals surface area contributed by atoms with Crippen LogP contribution in [0.15, 0.2) is 0 Å². The highest BCUT2D eigenvalue weighted by atomic mass is 15.2. The second kappa shape index (κ2) is 2.73. The number of hydrogen-bond acceptors (Lipinski definition) is 1. The Bertz CT molecular complexity index is 158. The van der Waals surface area contributed by atoms with E-state index in [1.165, 1.54) is 51.5 Å². The molecule has 1 aliphatic carbocycles. The van der Waals surface area contributed by atoms with Gasteiger partial charge < -0.3 is 0 Å². The minimum absolute atomic E-state index is 1.00. The van der Waals surface area contributed by atoms with Gasteiger partial charge in [0.05, 0.1) is 0 Å². The molecule has 68 valence electrons. The van der Waals surface area contributed by atoms with Gasteiger partial charge in [-0.1, -0.05) is 6.42 Å². The van der Waals surface area contributed by atoms with E-state index in [1.54, 1.807) is 0 Å². The highest BCUT2D eigenvalue weighted by Crippen LogP contribution is 2.39. The lowest BCUT2D eigenvalue weighted by molar-refractivity contribution is 0.134. The van der Waals surface area contributed by atoms with Crippen molar-refractivity contribution in [2.24, 2.45) is 5.92 Å². The average Bonchev–Trinajstić information content (AvgIpc) is 2.81. The lowest BCUT2D eigenvalue weighted by atomic mass is 10.0. The van der Waals surface area contributed by atoms with Crippen molar-refractivity contribution in [3.63, 3.8) is 0 Å². The minimum atomic E-state index is 1.00. The maximum Gasteiger partial charge on any atom is 0.00988 e. The molecule has 3 fully saturated rings. The van der Waals surface area contributed by atoms with Gasteiger partial charge in [0, 0.05) is 18.6 Å². The molecular weight excluding hydrogens is 146 g/mol. The molecule has 12 heavy (non-hydrogen) atoms. The number of fused-ring (bicyclic) bond motifs is 2. The second-order valence-corrected chi connectivity index (χ2v) is 4.96. The van der Waals surface area contributed by atoms with Crippen molar-refractivity contribution in [1.29, 1.82) is 0 Å². The Labute approximate surface area is 75.1 Å². The molecule has 0 aromatic rings. The van der Waals surface area contributed by atoms with Crippen LogP contribution < -0.4 is 0 Å². The van der Waals surface area contributed by atoms with Gasteiger partial charge in [0.15, 0.2) is 0 Å². The molecular formula is C11H19N. The predicted octanol–water partition coefficient (Wildman–Crippen LogP) is 2.41. The summed E-state index contributed by atoms with van der Waals surface area (Å²) in [6, 6.07) is 2.01. The summed E-state index contributed by atoms with van der Waals surface area (Å²) < 4.78 is 0. The number of nitrogens with zero attached hydrogens (tertiary/aromatic N) is 1. The van der Waals surface area contributed by atoms with Crippen molar-refractivity contribution >= 4 is 0 Å². The molecule has 0 aromatic carbocycles. The van der Waals surface area contributed by atoms with Crippen LogP contribution >= 0.6 is 0 Å². The highest BCUT2D eigenvalue weighted by Gasteiger charge is 2.38. The third-order valence-electron chi connectivity index (χ3n) is 4.01. The molecule has 0 aromatic heterocycles. The van der Waals surface area contributed by atoms with Crippen LogP contribution in [0.4, 0.5) is 0 Å². The molecule has 3 rings (SSSR count). The first-order valence-electron chi connectivity index (χ1n) is 5.69. The Morgan fingerprint density at radius 2 is 1.50 bits per heavy atom. The first-order chi connectivity index (χ1) is 5.93. The molecule has 2 aliphatic heterocycles. The molecule has 1 heteroatoms. The van der Waals surface area contributed by atoms with Crippen molar-refractivity contribution in [3.05, 3.63) is 0 Å². The molecule has 0 spiro atoms. The molecule has 2 atom stereocenters. The summed E-state index contributed by atoms with van der Waals surface area (Å²) in [6.45, 7) is 1.45. The lowest BCUT2D eigenvalue weighted by Crippen LogP contribution is -2.40. The molecule has 1 saturated carbocycles. The number of hydrogen-bond donors (Lipinski definition) is 0. The summed E-state index contributed by atoms with van der Waals surface area (Å²) in [6.07, 6.45) is 10.6. The van der Waals surface area contributed by atoms with Crippen molar-refractivity contribution < 1.29 is 0 Å². The van der Waals surface area contributed by atoms with E-state index in [4.69, 9.17) is 0 Å². The standard InChI is InChI=1S/C11H19N/c1-2-10-6-7-11(3-1)12(10)8-9-4-5-9/h9-11H,1-8H2. The van der Waals surface area contributed by atoms with E-state index in [0.717, 1.165) is 18.0 Å². The monoisotopic (exact) mass is 165 g/mol. The second-order valence-electron chi connectivity index (χ2n) is 4.96. The highest BCUT2D eigenvalue weighted by molar-refractivity contribution is 4.94. The number of rotatable bonds is 2. The normalized spacial score (nSPS) is 42.0. The van der Waals surface area contributed by atoms with E-state index in [0.29, 0.717) is 0 Å². The third-order valence-corrected chi connectivity index (χ3v) is 4.01. The van der Waals surface area contributed by atoms with Crippen molar-refractivity contribution in [2.75, 3.05) is 6.54 Å². The van der Waals surface area contributed by atoms with Crippen LogP contribution in [0.2, 0.25) is 0 Å². The van der Waals surface area contributed by atoms with Gasteiger partial charge in [-0.05, 0) is 44.4 Å². The van der Waals surface area contributed by atoms with Gasteiger partial charge in [-0.25, -0.2) is 0 Å². The van der Waals surface area contributed by atoms with E-state index in [2.05, 4.69) is 4.90 Å². The lowest BCUT2D eigenvalue weighted by Gasteiger charge is -2.34. The molecule has 0 amide bonds. The first-order valence-corrected chi connectivity index (χ1v) is 5.69. The van der Waals surface area contributed by atoms with E-state index in [1.807, 2.05) is 0 Å². The zero-order valence-corrected chi connectivity index (χ0v) is 7.84. The van der Waals surface area contributed by atoms with Gasteiger partial charge in [-0.3, -0.25) is 4.90 Å². The van der Waals surface area contributed by atoms with Crippen LogP contribution in [0.25, 0.3) is 0 Å². The quantitative estimate of drug-likeness (QED) is 0.607. The van der Waals surface area contributed by atoms with Crippen molar-refractivity contribution in [1.82, 2.24) is 4.90 Å². The van der Waals surface area contributed by atoms with Crippen LogP contribution in [-0.2, 0) is 0 Å². The molecule has 2 bridgehead atoms. The van der Waals surface area contributed by atoms with Crippen LogP contribution in [0.1, 0.15) is 44.9 Å². The van der Waals surface area contributed by atoms with Gasteiger partial charge in [0.1, 0.15) is 0 Å². The van der Waals surface area contributed by atoms with Gasteiger partial charge in [0.25, 0.3) is 0 Å². The fraction of sp³-hybridized carbons (Fsp3) is 1.00. The predicted molar refractivity (Wildman–Crippen MR) is 50.1 cm³/mol. The number of piperidine rings is 1. The molecule has 0 radical (unpaired) electrons. The average molecular weight is 165 g/mol. The molecule has 2 saturated heterocycles. The van der Waals surface area contributed by atoms with Gasteiger partial charge in [-0.2, -0.15) is 0 Å². The summed E-state index contributed by atoms with van der Waals surface area (Å²) in [5, 5.41) is 0. The fourth-order valence-electron chi connectivity index (χ4n) is 3.12. The van der Waals surface area contributed by atoms with Gasteiger partial charge in [0.2, 0.25) is 0 Å². The summed E-state index contributed by atoms with van der Waals surface area (Å²) in [5.74, 6) is 1.10. The molecule has 3 aliphatic rings. The third kappa shape index (κ3) is 1.19. The fourth-order valence-corrected chi connectivity index (χ4v) is 3.12. The summed E-state index contributed by atoms with van der Waals surface area (Å²) >= 11 is 0. The summed E-state index contributed by atoms with van der Waals surface area (Å²) in [7, 11) is 0. The van der Waals surface area contributed by atoms with Gasteiger partial charge in [-0.15, -0.1) is 0 Å². The van der Waals surface area contributed by atoms with Crippen LogP contribution in [-0.4, -0.2) is 23.5 Å². The maximum absolute atomic E-state index is 2.85. The van der Waals surface area contributed by atoms with E-state index in [9.17, 15) is 0 Å². The van der Waals surface area contributed by atoms with Crippen molar-refractivity contribution in [2.45, 2.75) is 57.0 Å². The molecule has 2 unspecified atom stereocenters. The Morgan fingerprint density at radius 1 is 0.833 bits per heavy atom. The van der Waals surface area contributed by atoms with E-state index < -0.39 is 0 Å². The van der Waals surface area contributed by atoms with E-state index in [-0.39, 0.29) is 0 Å². The SMILES string of the molecule is C1CC2CCC(C1)N2CC1CC1. The van der Waals surface area contributed by atoms with E-state index >= 15 is 0 Å². The maximum atomic E-state index is 2.85. The Hall–Kier alpha value is -0.0400. The topological polar surface area (TPSA) is 3.24 Å². The first kappa shape index (κ1) is 7.37. The Balaban J connectivity index is 1.67. The molecule has 2 heterocycles. The van der Waals surface area contributed by atoms with Crippen LogP contribution in [0, 0.1) is 5.92 Å². The molecule has 0 N–H and O–H groups in total. The minimum Gasteiger partial charge on any atom is -0.297 e. The molecule has 1 nitrogen and oxygen atoms in total. The zero-order valence-electron chi connectivity index (χ0n) is 7.84. The largest absolute Gasteiger partial charge is 0.297 e.